The molecule has 4 N–H and O–H groups in total. The van der Waals surface area contributed by atoms with Crippen LogP contribution in [0.5, 0.6) is 0 Å². The molecular weight excluding hydrogens is 717 g/mol. The summed E-state index contributed by atoms with van der Waals surface area (Å²) >= 11 is 0. The topological polar surface area (TPSA) is 200 Å². The van der Waals surface area contributed by atoms with Gasteiger partial charge in [-0.15, -0.1) is 0 Å². The molecule has 2 saturated heterocycles. The van der Waals surface area contributed by atoms with Crippen LogP contribution in [0.1, 0.15) is 77.1 Å². The van der Waals surface area contributed by atoms with Gasteiger partial charge in [-0.25, -0.2) is 29.5 Å². The number of methoxy groups -OCH3 is 2. The Kier molecular flexibility index (Phi) is 10.9. The van der Waals surface area contributed by atoms with Crippen LogP contribution < -0.4 is 10.6 Å². The van der Waals surface area contributed by atoms with Crippen LogP contribution in [0, 0.1) is 11.8 Å². The predicted molar refractivity (Wildman–Crippen MR) is 208 cm³/mol. The number of H-pyrrole nitrogens is 2. The van der Waals surface area contributed by atoms with Gasteiger partial charge in [0.25, 0.3) is 0 Å². The Morgan fingerprint density at radius 3 is 1.45 bits per heavy atom. The summed E-state index contributed by atoms with van der Waals surface area (Å²) in [4.78, 5) is 80.8. The number of fused-ring (bicyclic) bond motifs is 2. The molecule has 16 nitrogen and oxygen atoms in total. The number of aromatic amines is 2. The molecule has 5 aromatic rings. The van der Waals surface area contributed by atoms with Crippen LogP contribution in [0.15, 0.2) is 48.8 Å². The zero-order valence-electron chi connectivity index (χ0n) is 32.5. The van der Waals surface area contributed by atoms with Gasteiger partial charge < -0.3 is 39.9 Å². The van der Waals surface area contributed by atoms with E-state index in [0.717, 1.165) is 70.3 Å². The van der Waals surface area contributed by atoms with Crippen LogP contribution in [0.3, 0.4) is 0 Å². The summed E-state index contributed by atoms with van der Waals surface area (Å²) in [6.45, 7) is 8.71. The van der Waals surface area contributed by atoms with Gasteiger partial charge >= 0.3 is 12.2 Å². The van der Waals surface area contributed by atoms with Crippen LogP contribution in [0.25, 0.3) is 44.6 Å². The number of hydrogen-bond acceptors (Lipinski definition) is 10. The van der Waals surface area contributed by atoms with Gasteiger partial charge in [0.15, 0.2) is 0 Å². The Bertz CT molecular complexity index is 2110. The molecule has 5 heterocycles. The molecule has 2 aliphatic rings. The fraction of sp³-hybridized carbons (Fsp3) is 0.450. The lowest BCUT2D eigenvalue weighted by Crippen LogP contribution is -2.51. The number of amides is 4. The van der Waals surface area contributed by atoms with E-state index in [0.29, 0.717) is 24.7 Å². The highest BCUT2D eigenvalue weighted by Crippen LogP contribution is 2.35. The lowest BCUT2D eigenvalue weighted by atomic mass is 10.0. The van der Waals surface area contributed by atoms with Crippen molar-refractivity contribution in [1.82, 2.24) is 50.3 Å². The smallest absolute Gasteiger partial charge is 0.407 e. The fourth-order valence-corrected chi connectivity index (χ4v) is 7.70. The van der Waals surface area contributed by atoms with Crippen molar-refractivity contribution in [2.24, 2.45) is 11.8 Å². The molecule has 4 amide bonds. The maximum Gasteiger partial charge on any atom is 0.407 e. The lowest BCUT2D eigenvalue weighted by Gasteiger charge is -2.30. The van der Waals surface area contributed by atoms with Gasteiger partial charge in [0, 0.05) is 24.2 Å². The summed E-state index contributed by atoms with van der Waals surface area (Å²) in [7, 11) is 2.57. The monoisotopic (exact) mass is 764 g/mol. The van der Waals surface area contributed by atoms with Gasteiger partial charge in [-0.05, 0) is 61.8 Å². The Morgan fingerprint density at radius 1 is 0.661 bits per heavy atom. The third-order valence-electron chi connectivity index (χ3n) is 10.7. The molecule has 0 bridgehead atoms. The molecule has 0 radical (unpaired) electrons. The van der Waals surface area contributed by atoms with Crippen LogP contribution in [-0.2, 0) is 19.1 Å². The van der Waals surface area contributed by atoms with E-state index in [1.165, 1.54) is 14.2 Å². The highest BCUT2D eigenvalue weighted by Gasteiger charge is 2.39. The molecule has 7 rings (SSSR count). The maximum atomic E-state index is 13.6. The molecule has 0 spiro atoms. The molecule has 16 heteroatoms. The van der Waals surface area contributed by atoms with Crippen LogP contribution in [-0.4, -0.2) is 103 Å². The van der Waals surface area contributed by atoms with Crippen molar-refractivity contribution in [3.63, 3.8) is 0 Å². The molecular formula is C40H48N10O6. The SMILES string of the molecule is COC(=O)NC(C(=O)N1CCCC1c1ncc(-c2ccc3nc4cc(-c5cnc([C@H]6CCCN6C(=O)[C@@H](NC(=O)OC)C(C)C)[nH]5)ccc4nc3c2)[nH]1)C(C)C. The number of aromatic nitrogens is 6. The molecule has 2 aromatic carbocycles. The largest absolute Gasteiger partial charge is 0.453 e. The second-order valence-corrected chi connectivity index (χ2v) is 15.1. The number of likely N-dealkylation sites (tertiary alicyclic amines) is 2. The van der Waals surface area contributed by atoms with E-state index in [1.54, 1.807) is 22.2 Å². The average Bonchev–Trinajstić information content (AvgIpc) is 4.03. The number of rotatable bonds is 10. The first-order valence-electron chi connectivity index (χ1n) is 19.1. The van der Waals surface area contributed by atoms with Crippen LogP contribution >= 0.6 is 0 Å². The van der Waals surface area contributed by atoms with E-state index in [-0.39, 0.29) is 35.7 Å². The Balaban J connectivity index is 1.08. The van der Waals surface area contributed by atoms with E-state index < -0.39 is 24.3 Å². The molecule has 2 fully saturated rings. The number of carbonyl (C=O) groups is 4. The predicted octanol–water partition coefficient (Wildman–Crippen LogP) is 5.65. The molecule has 4 atom stereocenters. The van der Waals surface area contributed by atoms with Crippen molar-refractivity contribution in [2.45, 2.75) is 77.5 Å². The van der Waals surface area contributed by atoms with E-state index in [4.69, 9.17) is 19.4 Å². The van der Waals surface area contributed by atoms with Crippen molar-refractivity contribution in [3.05, 3.63) is 60.4 Å². The summed E-state index contributed by atoms with van der Waals surface area (Å²) in [6.07, 6.45) is 5.44. The third kappa shape index (κ3) is 7.59. The normalized spacial score (nSPS) is 18.1. The van der Waals surface area contributed by atoms with Crippen molar-refractivity contribution in [1.29, 1.82) is 0 Å². The van der Waals surface area contributed by atoms with Crippen molar-refractivity contribution in [2.75, 3.05) is 27.3 Å². The van der Waals surface area contributed by atoms with Gasteiger partial charge in [-0.3, -0.25) is 9.59 Å². The number of benzene rings is 2. The summed E-state index contributed by atoms with van der Waals surface area (Å²) in [5.74, 6) is 0.816. The average molecular weight is 765 g/mol. The van der Waals surface area contributed by atoms with Gasteiger partial charge in [0.05, 0.1) is 72.2 Å². The summed E-state index contributed by atoms with van der Waals surface area (Å²) in [5.41, 5.74) is 6.27. The number of imidazole rings is 2. The van der Waals surface area contributed by atoms with Crippen molar-refractivity contribution in [3.8, 4) is 22.5 Å². The Labute approximate surface area is 324 Å². The molecule has 294 valence electrons. The minimum atomic E-state index is -0.707. The quantitative estimate of drug-likeness (QED) is 0.129. The first kappa shape index (κ1) is 38.2. The molecule has 0 saturated carbocycles. The van der Waals surface area contributed by atoms with Crippen molar-refractivity contribution >= 4 is 46.1 Å². The number of hydrogen-bond donors (Lipinski definition) is 4. The second-order valence-electron chi connectivity index (χ2n) is 15.1. The molecule has 56 heavy (non-hydrogen) atoms. The van der Waals surface area contributed by atoms with Gasteiger partial charge in [-0.2, -0.15) is 0 Å². The number of alkyl carbamates (subject to hydrolysis) is 2. The minimum absolute atomic E-state index is 0.121. The van der Waals surface area contributed by atoms with E-state index in [9.17, 15) is 19.2 Å². The molecule has 2 aliphatic heterocycles. The number of nitrogens with one attached hydrogen (secondary N) is 4. The van der Waals surface area contributed by atoms with Crippen molar-refractivity contribution < 1.29 is 28.7 Å². The highest BCUT2D eigenvalue weighted by atomic mass is 16.5. The summed E-state index contributed by atoms with van der Waals surface area (Å²) < 4.78 is 9.52. The Hall–Kier alpha value is -6.06. The van der Waals surface area contributed by atoms with E-state index in [1.807, 2.05) is 64.1 Å². The second kappa shape index (κ2) is 16.0. The first-order valence-corrected chi connectivity index (χ1v) is 19.1. The van der Waals surface area contributed by atoms with Gasteiger partial charge in [0.2, 0.25) is 11.8 Å². The summed E-state index contributed by atoms with van der Waals surface area (Å²) in [5, 5.41) is 5.38. The number of carbonyl (C=O) groups excluding carboxylic acids is 4. The summed E-state index contributed by atoms with van der Waals surface area (Å²) in [6, 6.07) is 9.85. The van der Waals surface area contributed by atoms with Gasteiger partial charge in [0.1, 0.15) is 23.7 Å². The first-order chi connectivity index (χ1) is 26.9. The zero-order valence-corrected chi connectivity index (χ0v) is 32.5. The standard InChI is InChI=1S/C40H48N10O6/c1-21(2)33(47-39(53)55-5)37(51)49-15-7-9-31(49)35-41-19-29(45-35)23-11-13-25-27(17-23)43-26-14-12-24(18-28(26)44-25)30-20-42-36(46-30)32-10-8-16-50(32)38(52)34(22(3)4)48-40(54)56-6/h11-14,17-22,31-34H,7-10,15-16H2,1-6H3,(H,41,45)(H,42,46)(H,47,53)(H,48,54)/t31-,32?,33+,34?/m1/s1. The highest BCUT2D eigenvalue weighted by molar-refractivity contribution is 5.91. The van der Waals surface area contributed by atoms with Crippen LogP contribution in [0.2, 0.25) is 0 Å². The maximum absolute atomic E-state index is 13.6. The minimum Gasteiger partial charge on any atom is -0.453 e. The molecule has 3 aromatic heterocycles. The number of nitrogens with zero attached hydrogens (tertiary/aromatic N) is 6. The van der Waals surface area contributed by atoms with Gasteiger partial charge in [-0.1, -0.05) is 39.8 Å². The van der Waals surface area contributed by atoms with E-state index in [2.05, 4.69) is 30.6 Å². The molecule has 0 aliphatic carbocycles. The Morgan fingerprint density at radius 2 is 1.07 bits per heavy atom. The zero-order chi connectivity index (χ0) is 39.7. The number of ether oxygens (including phenoxy) is 2. The molecule has 2 unspecified atom stereocenters. The third-order valence-corrected chi connectivity index (χ3v) is 10.7. The lowest BCUT2D eigenvalue weighted by molar-refractivity contribution is -0.136. The van der Waals surface area contributed by atoms with E-state index >= 15 is 0 Å². The van der Waals surface area contributed by atoms with Crippen LogP contribution in [0.4, 0.5) is 9.59 Å². The fourth-order valence-electron chi connectivity index (χ4n) is 7.70.